The van der Waals surface area contributed by atoms with Crippen molar-refractivity contribution in [3.05, 3.63) is 24.5 Å². The van der Waals surface area contributed by atoms with E-state index in [0.29, 0.717) is 0 Å². The van der Waals surface area contributed by atoms with Crippen molar-refractivity contribution >= 4 is 26.8 Å². The summed E-state index contributed by atoms with van der Waals surface area (Å²) in [6, 6.07) is 2.59. The molecule has 2 rings (SSSR count). The molecule has 2 aromatic heterocycles. The van der Waals surface area contributed by atoms with Crippen LogP contribution in [0.4, 0.5) is 19.0 Å². The lowest BCUT2D eigenvalue weighted by Gasteiger charge is -2.10. The number of halogens is 3. The molecule has 0 amide bonds. The van der Waals surface area contributed by atoms with Gasteiger partial charge in [0.25, 0.3) is 0 Å². The number of hydrogen-bond donors (Lipinski definition) is 1. The molecule has 2 aromatic rings. The molecule has 2 heterocycles. The van der Waals surface area contributed by atoms with E-state index in [4.69, 9.17) is 5.73 Å². The summed E-state index contributed by atoms with van der Waals surface area (Å²) in [7, 11) is -5.75. The Morgan fingerprint density at radius 3 is 2.53 bits per heavy atom. The van der Waals surface area contributed by atoms with Crippen LogP contribution in [0, 0.1) is 0 Å². The Kier molecular flexibility index (Phi) is 2.97. The van der Waals surface area contributed by atoms with Crippen LogP contribution in [0.15, 0.2) is 24.5 Å². The average Bonchev–Trinajstić information content (AvgIpc) is 2.26. The number of anilines is 1. The molecule has 0 aliphatic rings. The van der Waals surface area contributed by atoms with Gasteiger partial charge in [0.05, 0.1) is 17.9 Å². The summed E-state index contributed by atoms with van der Waals surface area (Å²) in [5.74, 6) is -0.451. The van der Waals surface area contributed by atoms with Crippen LogP contribution in [-0.4, -0.2) is 23.9 Å². The van der Waals surface area contributed by atoms with E-state index < -0.39 is 21.4 Å². The Morgan fingerprint density at radius 1 is 1.21 bits per heavy atom. The molecule has 0 saturated heterocycles. The number of hydrogen-bond acceptors (Lipinski definition) is 6. The van der Waals surface area contributed by atoms with Crippen molar-refractivity contribution < 1.29 is 25.8 Å². The Balaban J connectivity index is 2.53. The molecule has 10 heteroatoms. The smallest absolute Gasteiger partial charge is 0.384 e. The number of alkyl halides is 3. The minimum atomic E-state index is -5.75. The highest BCUT2D eigenvalue weighted by atomic mass is 32.2. The number of nitrogen functional groups attached to an aromatic ring is 1. The van der Waals surface area contributed by atoms with E-state index in [1.54, 1.807) is 0 Å². The van der Waals surface area contributed by atoms with Crippen LogP contribution in [0.25, 0.3) is 10.9 Å². The monoisotopic (exact) mass is 293 g/mol. The van der Waals surface area contributed by atoms with Gasteiger partial charge in [-0.1, -0.05) is 0 Å². The Morgan fingerprint density at radius 2 is 1.89 bits per heavy atom. The summed E-state index contributed by atoms with van der Waals surface area (Å²) in [5.41, 5.74) is -0.00470. The summed E-state index contributed by atoms with van der Waals surface area (Å²) >= 11 is 0. The first-order valence-corrected chi connectivity index (χ1v) is 6.12. The van der Waals surface area contributed by atoms with E-state index in [1.165, 1.54) is 18.3 Å². The van der Waals surface area contributed by atoms with Gasteiger partial charge in [0.2, 0.25) is 0 Å². The van der Waals surface area contributed by atoms with Crippen molar-refractivity contribution in [2.45, 2.75) is 5.51 Å². The van der Waals surface area contributed by atoms with E-state index >= 15 is 0 Å². The third-order valence-electron chi connectivity index (χ3n) is 2.08. The molecular formula is C9H6F3N3O3S. The Hall–Kier alpha value is -2.10. The second-order valence-electron chi connectivity index (χ2n) is 3.42. The maximum Gasteiger partial charge on any atom is 0.534 e. The summed E-state index contributed by atoms with van der Waals surface area (Å²) in [6.45, 7) is 0. The van der Waals surface area contributed by atoms with E-state index in [-0.39, 0.29) is 16.7 Å². The highest BCUT2D eigenvalue weighted by Gasteiger charge is 2.48. The van der Waals surface area contributed by atoms with Crippen LogP contribution in [0.1, 0.15) is 0 Å². The van der Waals surface area contributed by atoms with E-state index in [0.717, 1.165) is 6.20 Å². The van der Waals surface area contributed by atoms with Crippen molar-refractivity contribution in [1.82, 2.24) is 9.97 Å². The van der Waals surface area contributed by atoms with E-state index in [1.807, 2.05) is 0 Å². The number of fused-ring (bicyclic) bond motifs is 1. The largest absolute Gasteiger partial charge is 0.534 e. The molecule has 102 valence electrons. The Labute approximate surface area is 105 Å². The van der Waals surface area contributed by atoms with Crippen LogP contribution in [-0.2, 0) is 10.1 Å². The summed E-state index contributed by atoms with van der Waals surface area (Å²) in [6.07, 6.45) is 2.07. The number of aromatic nitrogens is 2. The lowest BCUT2D eigenvalue weighted by molar-refractivity contribution is -0.0499. The molecule has 0 atom stereocenters. The third kappa shape index (κ3) is 2.52. The van der Waals surface area contributed by atoms with Crippen LogP contribution < -0.4 is 9.92 Å². The van der Waals surface area contributed by atoms with Crippen molar-refractivity contribution in [2.75, 3.05) is 5.73 Å². The molecule has 0 bridgehead atoms. The standard InChI is InChI=1S/C9H6F3N3O3S/c10-9(11,12)19(16,17)18-7-4-14-3-6-5(7)1-2-8(13)15-6/h1-4H,(H2,13,15). The minimum absolute atomic E-state index is 0.0528. The highest BCUT2D eigenvalue weighted by Crippen LogP contribution is 2.30. The van der Waals surface area contributed by atoms with Crippen LogP contribution in [0.3, 0.4) is 0 Å². The van der Waals surface area contributed by atoms with E-state index in [2.05, 4.69) is 14.2 Å². The average molecular weight is 293 g/mol. The molecule has 0 unspecified atom stereocenters. The Bertz CT molecular complexity index is 730. The second kappa shape index (κ2) is 4.23. The van der Waals surface area contributed by atoms with Gasteiger partial charge in [0.15, 0.2) is 5.75 Å². The topological polar surface area (TPSA) is 95.2 Å². The zero-order valence-corrected chi connectivity index (χ0v) is 9.86. The second-order valence-corrected chi connectivity index (χ2v) is 4.96. The number of rotatable bonds is 2. The summed E-state index contributed by atoms with van der Waals surface area (Å²) in [4.78, 5) is 7.33. The molecule has 6 nitrogen and oxygen atoms in total. The lowest BCUT2D eigenvalue weighted by Crippen LogP contribution is -2.28. The highest BCUT2D eigenvalue weighted by molar-refractivity contribution is 7.88. The van der Waals surface area contributed by atoms with Gasteiger partial charge in [-0.3, -0.25) is 4.98 Å². The minimum Gasteiger partial charge on any atom is -0.384 e. The molecule has 0 spiro atoms. The molecule has 19 heavy (non-hydrogen) atoms. The van der Waals surface area contributed by atoms with Gasteiger partial charge in [-0.2, -0.15) is 21.6 Å². The number of pyridine rings is 2. The molecule has 0 aromatic carbocycles. The molecular weight excluding hydrogens is 287 g/mol. The predicted octanol–water partition coefficient (Wildman–Crippen LogP) is 1.44. The maximum atomic E-state index is 12.2. The SMILES string of the molecule is Nc1ccc2c(OS(=O)(=O)C(F)(F)F)cncc2n1. The van der Waals surface area contributed by atoms with Crippen LogP contribution in [0.2, 0.25) is 0 Å². The molecule has 0 saturated carbocycles. The van der Waals surface area contributed by atoms with Gasteiger partial charge in [0, 0.05) is 5.39 Å². The van der Waals surface area contributed by atoms with Crippen LogP contribution >= 0.6 is 0 Å². The first-order valence-electron chi connectivity index (χ1n) is 4.72. The first-order chi connectivity index (χ1) is 8.71. The molecule has 0 radical (unpaired) electrons. The molecule has 0 aliphatic heterocycles. The molecule has 0 fully saturated rings. The zero-order valence-electron chi connectivity index (χ0n) is 9.05. The van der Waals surface area contributed by atoms with Gasteiger partial charge in [-0.05, 0) is 12.1 Å². The quantitative estimate of drug-likeness (QED) is 0.665. The van der Waals surface area contributed by atoms with E-state index in [9.17, 15) is 21.6 Å². The summed E-state index contributed by atoms with van der Waals surface area (Å²) < 4.78 is 62.5. The van der Waals surface area contributed by atoms with Gasteiger partial charge in [-0.15, -0.1) is 0 Å². The van der Waals surface area contributed by atoms with Gasteiger partial charge >= 0.3 is 15.6 Å². The first kappa shape index (κ1) is 13.3. The maximum absolute atomic E-state index is 12.2. The van der Waals surface area contributed by atoms with Crippen molar-refractivity contribution in [2.24, 2.45) is 0 Å². The van der Waals surface area contributed by atoms with Crippen molar-refractivity contribution in [3.63, 3.8) is 0 Å². The van der Waals surface area contributed by atoms with Crippen LogP contribution in [0.5, 0.6) is 5.75 Å². The number of nitrogens with zero attached hydrogens (tertiary/aromatic N) is 2. The lowest BCUT2D eigenvalue weighted by atomic mass is 10.2. The van der Waals surface area contributed by atoms with Gasteiger partial charge in [-0.25, -0.2) is 4.98 Å². The molecule has 0 aliphatic carbocycles. The predicted molar refractivity (Wildman–Crippen MR) is 59.6 cm³/mol. The fourth-order valence-corrected chi connectivity index (χ4v) is 1.74. The fraction of sp³-hybridized carbons (Fsp3) is 0.111. The zero-order chi connectivity index (χ0) is 14.3. The normalized spacial score (nSPS) is 12.6. The van der Waals surface area contributed by atoms with Gasteiger partial charge < -0.3 is 9.92 Å². The van der Waals surface area contributed by atoms with Gasteiger partial charge in [0.1, 0.15) is 5.82 Å². The van der Waals surface area contributed by atoms with Crippen molar-refractivity contribution in [3.8, 4) is 5.75 Å². The number of nitrogens with two attached hydrogens (primary N) is 1. The summed E-state index contributed by atoms with van der Waals surface area (Å²) in [5, 5.41) is 0.0528. The van der Waals surface area contributed by atoms with Crippen molar-refractivity contribution in [1.29, 1.82) is 0 Å². The fourth-order valence-electron chi connectivity index (χ4n) is 1.27. The third-order valence-corrected chi connectivity index (χ3v) is 3.05. The molecule has 2 N–H and O–H groups in total.